The lowest BCUT2D eigenvalue weighted by molar-refractivity contribution is -0.173. The smallest absolute Gasteiger partial charge is 0.301 e. The molecule has 1 atom stereocenters. The highest BCUT2D eigenvalue weighted by Gasteiger charge is 2.60. The van der Waals surface area contributed by atoms with Crippen LogP contribution >= 0.6 is 11.3 Å². The average Bonchev–Trinajstić information content (AvgIpc) is 3.43. The Bertz CT molecular complexity index is 1760. The molecular formula is C32H22F3NO2S. The first-order valence-electron chi connectivity index (χ1n) is 12.6. The number of Topliss-reactive ketones (excluding diaryl/α,β-unsaturated/α-hetero) is 2. The average molecular weight is 542 g/mol. The summed E-state index contributed by atoms with van der Waals surface area (Å²) in [6.07, 6.45) is -3.14. The second kappa shape index (κ2) is 7.57. The summed E-state index contributed by atoms with van der Waals surface area (Å²) in [6, 6.07) is 21.1. The second-order valence-corrected chi connectivity index (χ2v) is 12.0. The molecule has 1 aliphatic carbocycles. The maximum absolute atomic E-state index is 15.1. The van der Waals surface area contributed by atoms with E-state index in [1.807, 2.05) is 49.1 Å². The van der Waals surface area contributed by atoms with Gasteiger partial charge in [-0.15, -0.1) is 11.3 Å². The van der Waals surface area contributed by atoms with Gasteiger partial charge in [0.15, 0.2) is 11.6 Å². The van der Waals surface area contributed by atoms with E-state index in [2.05, 4.69) is 0 Å². The Labute approximate surface area is 227 Å². The summed E-state index contributed by atoms with van der Waals surface area (Å²) >= 11 is 1.17. The van der Waals surface area contributed by atoms with Gasteiger partial charge in [-0.2, -0.15) is 13.2 Å². The summed E-state index contributed by atoms with van der Waals surface area (Å²) in [5.74, 6) is -0.813. The van der Waals surface area contributed by atoms with Gasteiger partial charge >= 0.3 is 6.18 Å². The molecule has 3 aliphatic rings. The highest BCUT2D eigenvalue weighted by Crippen LogP contribution is 2.64. The van der Waals surface area contributed by atoms with Gasteiger partial charge in [-0.3, -0.25) is 9.59 Å². The lowest BCUT2D eigenvalue weighted by Gasteiger charge is -2.49. The molecule has 4 aromatic rings. The fraction of sp³-hybridized carbons (Fsp3) is 0.188. The summed E-state index contributed by atoms with van der Waals surface area (Å²) in [6.45, 7) is 5.31. The molecule has 0 saturated heterocycles. The molecule has 0 saturated carbocycles. The molecule has 194 valence electrons. The molecule has 0 amide bonds. The Morgan fingerprint density at radius 1 is 0.769 bits per heavy atom. The van der Waals surface area contributed by atoms with Gasteiger partial charge in [0, 0.05) is 27.0 Å². The molecule has 1 unspecified atom stereocenters. The van der Waals surface area contributed by atoms with Crippen LogP contribution in [-0.4, -0.2) is 17.7 Å². The predicted octanol–water partition coefficient (Wildman–Crippen LogP) is 8.50. The zero-order valence-corrected chi connectivity index (χ0v) is 22.1. The number of fused-ring (bicyclic) bond motifs is 5. The standard InChI is InChI=1S/C32H22F3NO2S/c1-30(2)21-11-6-7-14-25(21)36-26-22(30)12-8-13-23(26)31(3,32(33,34)35)24-16-17(39-29(24)36)15-20-27(37)18-9-4-5-10-19(18)28(20)38/h4-16H,1-3H3. The van der Waals surface area contributed by atoms with Crippen molar-refractivity contribution in [3.63, 3.8) is 0 Å². The van der Waals surface area contributed by atoms with Gasteiger partial charge in [0.05, 0.1) is 16.9 Å². The van der Waals surface area contributed by atoms with Crippen LogP contribution in [0.4, 0.5) is 29.5 Å². The molecule has 2 aliphatic heterocycles. The number of hydrogen-bond donors (Lipinski definition) is 0. The molecule has 0 fully saturated rings. The Morgan fingerprint density at radius 2 is 1.36 bits per heavy atom. The third-order valence-electron chi connectivity index (χ3n) is 8.52. The van der Waals surface area contributed by atoms with E-state index in [1.54, 1.807) is 36.4 Å². The van der Waals surface area contributed by atoms with Crippen LogP contribution in [0, 0.1) is 0 Å². The lowest BCUT2D eigenvalue weighted by Crippen LogP contribution is -2.46. The van der Waals surface area contributed by atoms with Crippen LogP contribution < -0.4 is 4.90 Å². The largest absolute Gasteiger partial charge is 0.402 e. The second-order valence-electron chi connectivity index (χ2n) is 10.9. The normalized spacial score (nSPS) is 20.4. The zero-order chi connectivity index (χ0) is 27.5. The van der Waals surface area contributed by atoms with Crippen LogP contribution in [0.2, 0.25) is 0 Å². The summed E-state index contributed by atoms with van der Waals surface area (Å²) in [7, 11) is 0. The van der Waals surface area contributed by atoms with Crippen LogP contribution in [0.15, 0.2) is 78.4 Å². The van der Waals surface area contributed by atoms with E-state index in [1.165, 1.54) is 30.4 Å². The van der Waals surface area contributed by atoms with E-state index in [0.717, 1.165) is 16.8 Å². The van der Waals surface area contributed by atoms with E-state index in [0.29, 0.717) is 26.7 Å². The molecule has 39 heavy (non-hydrogen) atoms. The summed E-state index contributed by atoms with van der Waals surface area (Å²) in [5, 5.41) is 0.444. The third kappa shape index (κ3) is 2.94. The van der Waals surface area contributed by atoms with Crippen LogP contribution in [0.5, 0.6) is 0 Å². The SMILES string of the molecule is CC1(C)c2ccccc2N2c3sc(C=C4C(=O)c5ccccc5C4=O)cc3C(C)(C(F)(F)F)c3cccc1c32. The van der Waals surface area contributed by atoms with Crippen LogP contribution in [-0.2, 0) is 10.8 Å². The minimum atomic E-state index is -4.59. The Hall–Kier alpha value is -3.97. The number of thiophene rings is 1. The summed E-state index contributed by atoms with van der Waals surface area (Å²) in [4.78, 5) is 28.5. The van der Waals surface area contributed by atoms with E-state index in [-0.39, 0.29) is 16.7 Å². The minimum absolute atomic E-state index is 0.0260. The molecule has 3 nitrogen and oxygen atoms in total. The van der Waals surface area contributed by atoms with Crippen molar-refractivity contribution < 1.29 is 22.8 Å². The van der Waals surface area contributed by atoms with Crippen molar-refractivity contribution in [1.82, 2.24) is 0 Å². The molecule has 0 bridgehead atoms. The van der Waals surface area contributed by atoms with Crippen molar-refractivity contribution in [2.75, 3.05) is 4.90 Å². The van der Waals surface area contributed by atoms with E-state index in [4.69, 9.17) is 0 Å². The fourth-order valence-corrected chi connectivity index (χ4v) is 7.59. The Morgan fingerprint density at radius 3 is 2.03 bits per heavy atom. The Kier molecular flexibility index (Phi) is 4.68. The van der Waals surface area contributed by atoms with Gasteiger partial charge in [0.1, 0.15) is 10.4 Å². The topological polar surface area (TPSA) is 37.4 Å². The molecule has 0 spiro atoms. The van der Waals surface area contributed by atoms with Gasteiger partial charge < -0.3 is 4.90 Å². The third-order valence-corrected chi connectivity index (χ3v) is 9.59. The molecule has 7 rings (SSSR count). The van der Waals surface area contributed by atoms with Crippen LogP contribution in [0.25, 0.3) is 6.08 Å². The van der Waals surface area contributed by atoms with E-state index >= 15 is 13.2 Å². The quantitative estimate of drug-likeness (QED) is 0.179. The van der Waals surface area contributed by atoms with Gasteiger partial charge in [0.25, 0.3) is 0 Å². The van der Waals surface area contributed by atoms with Crippen molar-refractivity contribution in [2.45, 2.75) is 37.8 Å². The van der Waals surface area contributed by atoms with Gasteiger partial charge in [-0.05, 0) is 41.8 Å². The molecule has 7 heteroatoms. The maximum Gasteiger partial charge on any atom is 0.402 e. The number of halogens is 3. The summed E-state index contributed by atoms with van der Waals surface area (Å²) in [5.41, 5.74) is 1.34. The number of carbonyl (C=O) groups is 2. The minimum Gasteiger partial charge on any atom is -0.301 e. The van der Waals surface area contributed by atoms with Crippen molar-refractivity contribution in [3.05, 3.63) is 117 Å². The van der Waals surface area contributed by atoms with Crippen molar-refractivity contribution in [1.29, 1.82) is 0 Å². The van der Waals surface area contributed by atoms with Gasteiger partial charge in [0.2, 0.25) is 0 Å². The zero-order valence-electron chi connectivity index (χ0n) is 21.3. The number of rotatable bonds is 1. The number of alkyl halides is 3. The number of hydrogen-bond acceptors (Lipinski definition) is 4. The van der Waals surface area contributed by atoms with Crippen LogP contribution in [0.1, 0.15) is 68.6 Å². The molecule has 1 aromatic heterocycles. The first-order valence-corrected chi connectivity index (χ1v) is 13.4. The monoisotopic (exact) mass is 541 g/mol. The van der Waals surface area contributed by atoms with E-state index in [9.17, 15) is 9.59 Å². The number of ketones is 2. The number of anilines is 3. The first kappa shape index (κ1) is 24.1. The number of carbonyl (C=O) groups excluding carboxylic acids is 2. The molecule has 0 radical (unpaired) electrons. The lowest BCUT2D eigenvalue weighted by atomic mass is 9.66. The van der Waals surface area contributed by atoms with Gasteiger partial charge in [-0.25, -0.2) is 0 Å². The number of allylic oxidation sites excluding steroid dienone is 1. The fourth-order valence-electron chi connectivity index (χ4n) is 6.36. The van der Waals surface area contributed by atoms with Gasteiger partial charge in [-0.1, -0.05) is 74.5 Å². The van der Waals surface area contributed by atoms with Crippen molar-refractivity contribution in [3.8, 4) is 0 Å². The predicted molar refractivity (Wildman–Crippen MR) is 147 cm³/mol. The van der Waals surface area contributed by atoms with Crippen molar-refractivity contribution in [2.24, 2.45) is 0 Å². The number of para-hydroxylation sites is 2. The molecule has 3 aromatic carbocycles. The van der Waals surface area contributed by atoms with E-state index < -0.39 is 28.6 Å². The summed E-state index contributed by atoms with van der Waals surface area (Å²) < 4.78 is 45.4. The number of benzene rings is 3. The highest BCUT2D eigenvalue weighted by molar-refractivity contribution is 7.17. The Balaban J connectivity index is 1.51. The van der Waals surface area contributed by atoms with Crippen LogP contribution in [0.3, 0.4) is 0 Å². The number of nitrogens with zero attached hydrogens (tertiary/aromatic N) is 1. The maximum atomic E-state index is 15.1. The highest BCUT2D eigenvalue weighted by atomic mass is 32.1. The van der Waals surface area contributed by atoms with Crippen molar-refractivity contribution >= 4 is 45.4 Å². The molecular weight excluding hydrogens is 519 g/mol. The first-order chi connectivity index (χ1) is 18.5. The molecule has 0 N–H and O–H groups in total. The molecule has 3 heterocycles.